The molecule has 0 saturated carbocycles. The summed E-state index contributed by atoms with van der Waals surface area (Å²) in [6.45, 7) is 5.91. The molecule has 2 saturated heterocycles. The van der Waals surface area contributed by atoms with Gasteiger partial charge in [-0.2, -0.15) is 0 Å². The van der Waals surface area contributed by atoms with Crippen LogP contribution in [0.1, 0.15) is 24.3 Å². The molecule has 0 aromatic carbocycles. The molecule has 1 amide bonds. The minimum absolute atomic E-state index is 0.0166. The fraction of sp³-hybridized carbons (Fsp3) is 0.625. The van der Waals surface area contributed by atoms with E-state index in [1.165, 1.54) is 11.3 Å². The average molecular weight is 338 g/mol. The van der Waals surface area contributed by atoms with Gasteiger partial charge in [-0.25, -0.2) is 0 Å². The molecule has 2 fully saturated rings. The summed E-state index contributed by atoms with van der Waals surface area (Å²) in [5.74, 6) is -1.61. The van der Waals surface area contributed by atoms with Crippen molar-refractivity contribution in [3.8, 4) is 0 Å². The normalized spacial score (nSPS) is 27.3. The van der Waals surface area contributed by atoms with Gasteiger partial charge in [-0.1, -0.05) is 6.07 Å². The van der Waals surface area contributed by atoms with E-state index in [4.69, 9.17) is 4.74 Å². The number of hydrogen-bond donors (Lipinski definition) is 1. The third-order valence-corrected chi connectivity index (χ3v) is 5.56. The number of rotatable bonds is 5. The van der Waals surface area contributed by atoms with Crippen molar-refractivity contribution < 1.29 is 19.4 Å². The Morgan fingerprint density at radius 1 is 1.48 bits per heavy atom. The third kappa shape index (κ3) is 3.41. The van der Waals surface area contributed by atoms with E-state index in [2.05, 4.69) is 4.90 Å². The Bertz CT molecular complexity index is 556. The molecule has 23 heavy (non-hydrogen) atoms. The van der Waals surface area contributed by atoms with Crippen LogP contribution in [0.4, 0.5) is 0 Å². The molecule has 1 N–H and O–H groups in total. The molecule has 0 spiro atoms. The summed E-state index contributed by atoms with van der Waals surface area (Å²) in [6, 6.07) is 3.47. The van der Waals surface area contributed by atoms with Crippen molar-refractivity contribution >= 4 is 23.2 Å². The standard InChI is InChI=1S/C16H22N2O4S/c1-11(10-17-4-6-22-7-5-17)18-14(19)9-12(16(20)21)15(18)13-3-2-8-23-13/h2-3,8,11-12,15H,4-7,9-10H2,1H3,(H,20,21)/t11-,12-,15+/m1/s1. The summed E-state index contributed by atoms with van der Waals surface area (Å²) in [5.41, 5.74) is 0. The fourth-order valence-electron chi connectivity index (χ4n) is 3.54. The monoisotopic (exact) mass is 338 g/mol. The van der Waals surface area contributed by atoms with Gasteiger partial charge < -0.3 is 14.7 Å². The van der Waals surface area contributed by atoms with Crippen molar-refractivity contribution in [1.82, 2.24) is 9.80 Å². The summed E-state index contributed by atoms with van der Waals surface area (Å²) in [7, 11) is 0. The van der Waals surface area contributed by atoms with Crippen LogP contribution in [-0.2, 0) is 14.3 Å². The minimum atomic E-state index is -0.891. The van der Waals surface area contributed by atoms with Gasteiger partial charge in [-0.3, -0.25) is 14.5 Å². The Kier molecular flexibility index (Phi) is 4.99. The molecule has 0 radical (unpaired) electrons. The lowest BCUT2D eigenvalue weighted by atomic mass is 9.98. The highest BCUT2D eigenvalue weighted by atomic mass is 32.1. The lowest BCUT2D eigenvalue weighted by molar-refractivity contribution is -0.142. The lowest BCUT2D eigenvalue weighted by Gasteiger charge is -2.36. The Morgan fingerprint density at radius 3 is 2.83 bits per heavy atom. The molecule has 3 rings (SSSR count). The van der Waals surface area contributed by atoms with E-state index >= 15 is 0 Å². The number of carbonyl (C=O) groups excluding carboxylic acids is 1. The number of carboxylic acid groups (broad SMARTS) is 1. The van der Waals surface area contributed by atoms with Crippen molar-refractivity contribution in [2.45, 2.75) is 25.4 Å². The van der Waals surface area contributed by atoms with Crippen LogP contribution in [0.3, 0.4) is 0 Å². The van der Waals surface area contributed by atoms with E-state index in [-0.39, 0.29) is 24.4 Å². The molecule has 1 aromatic rings. The molecule has 3 atom stereocenters. The molecule has 6 nitrogen and oxygen atoms in total. The Labute approximate surface area is 139 Å². The lowest BCUT2D eigenvalue weighted by Crippen LogP contribution is -2.47. The Morgan fingerprint density at radius 2 is 2.22 bits per heavy atom. The summed E-state index contributed by atoms with van der Waals surface area (Å²) >= 11 is 1.52. The number of nitrogens with zero attached hydrogens (tertiary/aromatic N) is 2. The number of aliphatic carboxylic acids is 1. The van der Waals surface area contributed by atoms with E-state index in [0.29, 0.717) is 13.2 Å². The maximum Gasteiger partial charge on any atom is 0.309 e. The average Bonchev–Trinajstić information content (AvgIpc) is 3.15. The molecule has 1 aromatic heterocycles. The molecule has 2 aliphatic rings. The highest BCUT2D eigenvalue weighted by Crippen LogP contribution is 2.41. The van der Waals surface area contributed by atoms with Crippen LogP contribution in [0.25, 0.3) is 0 Å². The van der Waals surface area contributed by atoms with Crippen LogP contribution in [0, 0.1) is 5.92 Å². The first-order chi connectivity index (χ1) is 11.1. The van der Waals surface area contributed by atoms with E-state index in [1.54, 1.807) is 4.90 Å². The van der Waals surface area contributed by atoms with Gasteiger partial charge >= 0.3 is 5.97 Å². The maximum atomic E-state index is 12.5. The number of morpholine rings is 1. The van der Waals surface area contributed by atoms with Gasteiger partial charge in [0.2, 0.25) is 5.91 Å². The van der Waals surface area contributed by atoms with Gasteiger partial charge in [0.05, 0.1) is 25.2 Å². The topological polar surface area (TPSA) is 70.1 Å². The first-order valence-corrected chi connectivity index (χ1v) is 8.83. The van der Waals surface area contributed by atoms with Gasteiger partial charge in [0, 0.05) is 37.0 Å². The molecule has 126 valence electrons. The Balaban J connectivity index is 1.79. The van der Waals surface area contributed by atoms with Crippen LogP contribution < -0.4 is 0 Å². The quantitative estimate of drug-likeness (QED) is 0.880. The summed E-state index contributed by atoms with van der Waals surface area (Å²) < 4.78 is 5.36. The number of amides is 1. The third-order valence-electron chi connectivity index (χ3n) is 4.62. The largest absolute Gasteiger partial charge is 0.481 e. The zero-order chi connectivity index (χ0) is 16.4. The van der Waals surface area contributed by atoms with Crippen LogP contribution in [0.2, 0.25) is 0 Å². The SMILES string of the molecule is C[C@H](CN1CCOCC1)N1C(=O)C[C@@H](C(=O)O)[C@H]1c1cccs1. The molecule has 7 heteroatoms. The molecular weight excluding hydrogens is 316 g/mol. The number of carboxylic acids is 1. The minimum Gasteiger partial charge on any atom is -0.481 e. The fourth-order valence-corrected chi connectivity index (χ4v) is 4.43. The van der Waals surface area contributed by atoms with Crippen LogP contribution >= 0.6 is 11.3 Å². The zero-order valence-electron chi connectivity index (χ0n) is 13.2. The van der Waals surface area contributed by atoms with Gasteiger partial charge in [0.25, 0.3) is 0 Å². The van der Waals surface area contributed by atoms with Crippen LogP contribution in [-0.4, -0.2) is 65.7 Å². The number of carbonyl (C=O) groups is 2. The molecule has 0 bridgehead atoms. The second-order valence-corrected chi connectivity index (χ2v) is 7.15. The first-order valence-electron chi connectivity index (χ1n) is 7.95. The van der Waals surface area contributed by atoms with E-state index in [0.717, 1.165) is 24.5 Å². The van der Waals surface area contributed by atoms with Crippen molar-refractivity contribution in [2.75, 3.05) is 32.8 Å². The predicted molar refractivity (Wildman–Crippen MR) is 86.4 cm³/mol. The van der Waals surface area contributed by atoms with Crippen molar-refractivity contribution in [3.05, 3.63) is 22.4 Å². The van der Waals surface area contributed by atoms with Crippen molar-refractivity contribution in [1.29, 1.82) is 0 Å². The van der Waals surface area contributed by atoms with Crippen LogP contribution in [0.5, 0.6) is 0 Å². The second kappa shape index (κ2) is 6.98. The molecule has 0 unspecified atom stereocenters. The highest BCUT2D eigenvalue weighted by molar-refractivity contribution is 7.10. The molecule has 0 aliphatic carbocycles. The van der Waals surface area contributed by atoms with Gasteiger partial charge in [-0.15, -0.1) is 11.3 Å². The highest BCUT2D eigenvalue weighted by Gasteiger charge is 2.47. The molecular formula is C16H22N2O4S. The van der Waals surface area contributed by atoms with Crippen molar-refractivity contribution in [3.63, 3.8) is 0 Å². The Hall–Kier alpha value is -1.44. The second-order valence-electron chi connectivity index (χ2n) is 6.17. The van der Waals surface area contributed by atoms with E-state index in [1.807, 2.05) is 24.4 Å². The summed E-state index contributed by atoms with van der Waals surface area (Å²) in [6.07, 6.45) is 0.0886. The molecule has 3 heterocycles. The van der Waals surface area contributed by atoms with E-state index in [9.17, 15) is 14.7 Å². The van der Waals surface area contributed by atoms with Gasteiger partial charge in [0.1, 0.15) is 0 Å². The summed E-state index contributed by atoms with van der Waals surface area (Å²) in [5, 5.41) is 11.5. The van der Waals surface area contributed by atoms with Gasteiger partial charge in [0.15, 0.2) is 0 Å². The van der Waals surface area contributed by atoms with Crippen molar-refractivity contribution in [2.24, 2.45) is 5.92 Å². The number of ether oxygens (including phenoxy) is 1. The predicted octanol–water partition coefficient (Wildman–Crippen LogP) is 1.44. The number of thiophene rings is 1. The maximum absolute atomic E-state index is 12.5. The number of hydrogen-bond acceptors (Lipinski definition) is 5. The number of likely N-dealkylation sites (tertiary alicyclic amines) is 1. The van der Waals surface area contributed by atoms with Gasteiger partial charge in [-0.05, 0) is 18.4 Å². The summed E-state index contributed by atoms with van der Waals surface area (Å²) in [4.78, 5) is 29.1. The first kappa shape index (κ1) is 16.4. The van der Waals surface area contributed by atoms with Crippen LogP contribution in [0.15, 0.2) is 17.5 Å². The smallest absolute Gasteiger partial charge is 0.309 e. The zero-order valence-corrected chi connectivity index (χ0v) is 14.0. The van der Waals surface area contributed by atoms with E-state index < -0.39 is 11.9 Å². The molecule has 2 aliphatic heterocycles.